The molecule has 0 radical (unpaired) electrons. The van der Waals surface area contributed by atoms with Gasteiger partial charge in [0, 0.05) is 11.6 Å². The molecule has 1 aromatic heterocycles. The average molecular weight is 219 g/mol. The molecule has 84 valence electrons. The summed E-state index contributed by atoms with van der Waals surface area (Å²) < 4.78 is 1.70. The number of carboxylic acids is 1. The molecule has 0 aliphatic heterocycles. The topological polar surface area (TPSA) is 62.5 Å². The van der Waals surface area contributed by atoms with Gasteiger partial charge in [-0.2, -0.15) is 0 Å². The molecule has 0 amide bonds. The van der Waals surface area contributed by atoms with E-state index in [2.05, 4.69) is 0 Å². The first-order chi connectivity index (χ1) is 7.39. The summed E-state index contributed by atoms with van der Waals surface area (Å²) in [5, 5.41) is 19.6. The van der Waals surface area contributed by atoms with Gasteiger partial charge < -0.3 is 14.8 Å². The van der Waals surface area contributed by atoms with E-state index in [-0.39, 0.29) is 5.56 Å². The number of rotatable bonds is 2. The highest BCUT2D eigenvalue weighted by molar-refractivity contribution is 5.93. The van der Waals surface area contributed by atoms with Crippen LogP contribution >= 0.6 is 0 Å². The van der Waals surface area contributed by atoms with Gasteiger partial charge in [-0.15, -0.1) is 0 Å². The van der Waals surface area contributed by atoms with E-state index in [0.29, 0.717) is 0 Å². The van der Waals surface area contributed by atoms with Crippen molar-refractivity contribution < 1.29 is 15.0 Å². The summed E-state index contributed by atoms with van der Waals surface area (Å²) in [4.78, 5) is 10.8. The Kier molecular flexibility index (Phi) is 2.24. The monoisotopic (exact) mass is 219 g/mol. The summed E-state index contributed by atoms with van der Waals surface area (Å²) >= 11 is 0. The number of aromatic carboxylic acids is 1. The predicted octanol–water partition coefficient (Wildman–Crippen LogP) is 2.02. The number of carbonyl (C=O) groups is 1. The van der Waals surface area contributed by atoms with Crippen LogP contribution in [0.3, 0.4) is 0 Å². The molecule has 0 aliphatic rings. The second-order valence-corrected chi connectivity index (χ2v) is 4.26. The summed E-state index contributed by atoms with van der Waals surface area (Å²) in [6.45, 7) is 3.36. The van der Waals surface area contributed by atoms with Gasteiger partial charge in [0.25, 0.3) is 0 Å². The van der Waals surface area contributed by atoms with E-state index in [0.717, 1.165) is 10.9 Å². The molecule has 0 spiro atoms. The Morgan fingerprint density at radius 2 is 2.00 bits per heavy atom. The van der Waals surface area contributed by atoms with Gasteiger partial charge >= 0.3 is 5.97 Å². The predicted molar refractivity (Wildman–Crippen MR) is 60.4 cm³/mol. The number of aromatic nitrogens is 1. The molecule has 0 fully saturated rings. The molecule has 0 aliphatic carbocycles. The smallest absolute Gasteiger partial charge is 0.335 e. The third kappa shape index (κ3) is 1.67. The first-order valence-corrected chi connectivity index (χ1v) is 4.97. The lowest BCUT2D eigenvalue weighted by molar-refractivity contribution is 0.00624. The van der Waals surface area contributed by atoms with Crippen LogP contribution in [0.4, 0.5) is 0 Å². The van der Waals surface area contributed by atoms with E-state index < -0.39 is 11.7 Å². The summed E-state index contributed by atoms with van der Waals surface area (Å²) in [5.41, 5.74) is 0.0745. The van der Waals surface area contributed by atoms with Crippen molar-refractivity contribution in [1.29, 1.82) is 0 Å². The van der Waals surface area contributed by atoms with Crippen LogP contribution < -0.4 is 0 Å². The third-order valence-electron chi connectivity index (χ3n) is 2.53. The second-order valence-electron chi connectivity index (χ2n) is 4.26. The average Bonchev–Trinajstić information content (AvgIpc) is 2.58. The maximum atomic E-state index is 10.8. The number of hydrogen-bond donors (Lipinski definition) is 2. The minimum absolute atomic E-state index is 0.251. The molecule has 2 aromatic rings. The van der Waals surface area contributed by atoms with Crippen molar-refractivity contribution in [2.75, 3.05) is 0 Å². The Morgan fingerprint density at radius 3 is 2.56 bits per heavy atom. The Morgan fingerprint density at radius 1 is 1.31 bits per heavy atom. The fourth-order valence-electron chi connectivity index (χ4n) is 1.75. The standard InChI is InChI=1S/C12H13NO3/c1-12(2,16)13-6-5-8-7-9(11(14)15)3-4-10(8)13/h3-7,16H,1-2H3,(H,14,15). The number of benzene rings is 1. The zero-order valence-corrected chi connectivity index (χ0v) is 9.14. The van der Waals surface area contributed by atoms with E-state index in [4.69, 9.17) is 5.11 Å². The minimum atomic E-state index is -0.994. The van der Waals surface area contributed by atoms with Gasteiger partial charge in [0.15, 0.2) is 0 Å². The highest BCUT2D eigenvalue weighted by atomic mass is 16.4. The molecular weight excluding hydrogens is 206 g/mol. The zero-order valence-electron chi connectivity index (χ0n) is 9.14. The van der Waals surface area contributed by atoms with Gasteiger partial charge in [-0.05, 0) is 38.1 Å². The largest absolute Gasteiger partial charge is 0.478 e. The fraction of sp³-hybridized carbons (Fsp3) is 0.250. The molecular formula is C12H13NO3. The van der Waals surface area contributed by atoms with Gasteiger partial charge in [0.2, 0.25) is 0 Å². The van der Waals surface area contributed by atoms with Crippen LogP contribution in [-0.4, -0.2) is 20.7 Å². The van der Waals surface area contributed by atoms with Gasteiger partial charge in [-0.3, -0.25) is 0 Å². The molecule has 1 heterocycles. The molecule has 0 saturated carbocycles. The Balaban J connectivity index is 2.64. The van der Waals surface area contributed by atoms with E-state index in [9.17, 15) is 9.90 Å². The first kappa shape index (κ1) is 10.7. The van der Waals surface area contributed by atoms with E-state index in [1.807, 2.05) is 0 Å². The molecule has 4 heteroatoms. The highest BCUT2D eigenvalue weighted by Gasteiger charge is 2.17. The van der Waals surface area contributed by atoms with Crippen LogP contribution in [-0.2, 0) is 5.72 Å². The number of nitrogens with zero attached hydrogens (tertiary/aromatic N) is 1. The lowest BCUT2D eigenvalue weighted by atomic mass is 10.1. The van der Waals surface area contributed by atoms with Crippen molar-refractivity contribution in [3.63, 3.8) is 0 Å². The van der Waals surface area contributed by atoms with E-state index in [1.54, 1.807) is 42.8 Å². The van der Waals surface area contributed by atoms with Crippen molar-refractivity contribution in [3.8, 4) is 0 Å². The van der Waals surface area contributed by atoms with Crippen LogP contribution in [0.1, 0.15) is 24.2 Å². The molecule has 0 bridgehead atoms. The van der Waals surface area contributed by atoms with Crippen LogP contribution in [0.15, 0.2) is 30.5 Å². The lowest BCUT2D eigenvalue weighted by Gasteiger charge is -2.21. The van der Waals surface area contributed by atoms with Crippen molar-refractivity contribution in [1.82, 2.24) is 4.57 Å². The van der Waals surface area contributed by atoms with Gasteiger partial charge in [-0.1, -0.05) is 0 Å². The van der Waals surface area contributed by atoms with E-state index in [1.165, 1.54) is 6.07 Å². The van der Waals surface area contributed by atoms with Gasteiger partial charge in [0.05, 0.1) is 11.1 Å². The summed E-state index contributed by atoms with van der Waals surface area (Å²) in [6, 6.07) is 6.63. The van der Waals surface area contributed by atoms with Gasteiger partial charge in [0.1, 0.15) is 5.72 Å². The second kappa shape index (κ2) is 3.35. The van der Waals surface area contributed by atoms with Crippen LogP contribution in [0.25, 0.3) is 10.9 Å². The first-order valence-electron chi connectivity index (χ1n) is 4.97. The molecule has 16 heavy (non-hydrogen) atoms. The summed E-state index contributed by atoms with van der Waals surface area (Å²) in [7, 11) is 0. The van der Waals surface area contributed by atoms with Crippen LogP contribution in [0, 0.1) is 0 Å². The maximum Gasteiger partial charge on any atom is 0.335 e. The Hall–Kier alpha value is -1.81. The lowest BCUT2D eigenvalue weighted by Crippen LogP contribution is -2.24. The van der Waals surface area contributed by atoms with Crippen LogP contribution in [0.2, 0.25) is 0 Å². The van der Waals surface area contributed by atoms with Crippen molar-refractivity contribution >= 4 is 16.9 Å². The Bertz CT molecular complexity index is 549. The fourth-order valence-corrected chi connectivity index (χ4v) is 1.75. The molecule has 1 aromatic carbocycles. The van der Waals surface area contributed by atoms with Crippen molar-refractivity contribution in [3.05, 3.63) is 36.0 Å². The molecule has 0 unspecified atom stereocenters. The SMILES string of the molecule is CC(C)(O)n1ccc2cc(C(=O)O)ccc21. The number of fused-ring (bicyclic) bond motifs is 1. The number of hydrogen-bond acceptors (Lipinski definition) is 2. The highest BCUT2D eigenvalue weighted by Crippen LogP contribution is 2.23. The van der Waals surface area contributed by atoms with Crippen molar-refractivity contribution in [2.24, 2.45) is 0 Å². The Labute approximate surface area is 92.7 Å². The van der Waals surface area contributed by atoms with Crippen molar-refractivity contribution in [2.45, 2.75) is 19.6 Å². The molecule has 4 nitrogen and oxygen atoms in total. The maximum absolute atomic E-state index is 10.8. The minimum Gasteiger partial charge on any atom is -0.478 e. The number of carboxylic acid groups (broad SMARTS) is 1. The van der Waals surface area contributed by atoms with E-state index >= 15 is 0 Å². The quantitative estimate of drug-likeness (QED) is 0.812. The molecule has 2 N–H and O–H groups in total. The van der Waals surface area contributed by atoms with Crippen LogP contribution in [0.5, 0.6) is 0 Å². The molecule has 2 rings (SSSR count). The third-order valence-corrected chi connectivity index (χ3v) is 2.53. The molecule has 0 atom stereocenters. The normalized spacial score (nSPS) is 11.9. The van der Waals surface area contributed by atoms with Gasteiger partial charge in [-0.25, -0.2) is 4.79 Å². The molecule has 0 saturated heterocycles. The summed E-state index contributed by atoms with van der Waals surface area (Å²) in [6.07, 6.45) is 1.75. The summed E-state index contributed by atoms with van der Waals surface area (Å²) in [5.74, 6) is -0.946. The zero-order chi connectivity index (χ0) is 11.9. The number of aliphatic hydroxyl groups is 1.